The maximum absolute atomic E-state index is 12.9. The Bertz CT molecular complexity index is 400. The highest BCUT2D eigenvalue weighted by atomic mass is 19.1. The Morgan fingerprint density at radius 3 is 2.56 bits per heavy atom. The quantitative estimate of drug-likeness (QED) is 0.575. The molecule has 4 N–H and O–H groups in total. The summed E-state index contributed by atoms with van der Waals surface area (Å²) in [6, 6.07) is 3.37. The molecule has 86 valence electrons. The number of hydrogen-bond acceptors (Lipinski definition) is 4. The number of esters is 1. The molecular formula is C10H11FN2O3. The molecule has 1 aromatic rings. The standard InChI is InChI=1S/C10H11FN2O3/c11-7-3-6(4-8(12)5-7)10(15)16-2-1-9(13)14/h3-5H,1-2,12H2,(H2,13,14). The minimum atomic E-state index is -0.743. The van der Waals surface area contributed by atoms with Gasteiger partial charge in [-0.25, -0.2) is 9.18 Å². The maximum atomic E-state index is 12.9. The van der Waals surface area contributed by atoms with Crippen molar-refractivity contribution in [2.45, 2.75) is 6.42 Å². The van der Waals surface area contributed by atoms with Crippen molar-refractivity contribution >= 4 is 17.6 Å². The summed E-state index contributed by atoms with van der Waals surface area (Å²) in [5.74, 6) is -1.94. The first-order valence-corrected chi connectivity index (χ1v) is 4.50. The number of nitrogens with two attached hydrogens (primary N) is 2. The van der Waals surface area contributed by atoms with Crippen LogP contribution in [-0.4, -0.2) is 18.5 Å². The fraction of sp³-hybridized carbons (Fsp3) is 0.200. The lowest BCUT2D eigenvalue weighted by molar-refractivity contribution is -0.118. The molecule has 0 heterocycles. The van der Waals surface area contributed by atoms with Gasteiger partial charge >= 0.3 is 5.97 Å². The summed E-state index contributed by atoms with van der Waals surface area (Å²) in [5.41, 5.74) is 10.3. The van der Waals surface area contributed by atoms with Crippen molar-refractivity contribution in [3.63, 3.8) is 0 Å². The van der Waals surface area contributed by atoms with Crippen LogP contribution in [0.4, 0.5) is 10.1 Å². The molecule has 0 saturated heterocycles. The lowest BCUT2D eigenvalue weighted by atomic mass is 10.2. The van der Waals surface area contributed by atoms with E-state index in [9.17, 15) is 14.0 Å². The third-order valence-electron chi connectivity index (χ3n) is 1.74. The molecule has 0 aliphatic carbocycles. The SMILES string of the molecule is NC(=O)CCOC(=O)c1cc(N)cc(F)c1. The number of rotatable bonds is 4. The van der Waals surface area contributed by atoms with Gasteiger partial charge in [-0.2, -0.15) is 0 Å². The second kappa shape index (κ2) is 5.11. The summed E-state index contributed by atoms with van der Waals surface area (Å²) in [7, 11) is 0. The summed E-state index contributed by atoms with van der Waals surface area (Å²) in [6.07, 6.45) is -0.0729. The lowest BCUT2D eigenvalue weighted by Gasteiger charge is -2.04. The van der Waals surface area contributed by atoms with Crippen LogP contribution in [0.5, 0.6) is 0 Å². The van der Waals surface area contributed by atoms with Gasteiger partial charge in [-0.05, 0) is 18.2 Å². The van der Waals surface area contributed by atoms with E-state index >= 15 is 0 Å². The topological polar surface area (TPSA) is 95.4 Å². The van der Waals surface area contributed by atoms with Gasteiger partial charge < -0.3 is 16.2 Å². The van der Waals surface area contributed by atoms with E-state index < -0.39 is 17.7 Å². The number of primary amides is 1. The Hall–Kier alpha value is -2.11. The van der Waals surface area contributed by atoms with E-state index in [-0.39, 0.29) is 24.3 Å². The van der Waals surface area contributed by atoms with Crippen molar-refractivity contribution in [2.75, 3.05) is 12.3 Å². The summed E-state index contributed by atoms with van der Waals surface area (Å²) >= 11 is 0. The van der Waals surface area contributed by atoms with E-state index in [1.54, 1.807) is 0 Å². The van der Waals surface area contributed by atoms with E-state index in [0.717, 1.165) is 12.1 Å². The number of carbonyl (C=O) groups is 2. The zero-order chi connectivity index (χ0) is 12.1. The van der Waals surface area contributed by atoms with E-state index in [4.69, 9.17) is 11.5 Å². The second-order valence-electron chi connectivity index (χ2n) is 3.13. The van der Waals surface area contributed by atoms with Crippen LogP contribution in [0, 0.1) is 5.82 Å². The number of benzene rings is 1. The molecule has 0 aliphatic rings. The van der Waals surface area contributed by atoms with Crippen LogP contribution in [0.3, 0.4) is 0 Å². The van der Waals surface area contributed by atoms with Crippen LogP contribution in [0.1, 0.15) is 16.8 Å². The molecule has 6 heteroatoms. The lowest BCUT2D eigenvalue weighted by Crippen LogP contribution is -2.16. The van der Waals surface area contributed by atoms with Crippen LogP contribution in [0.2, 0.25) is 0 Å². The Morgan fingerprint density at radius 1 is 1.31 bits per heavy atom. The Balaban J connectivity index is 2.62. The molecule has 1 rings (SSSR count). The molecule has 0 unspecified atom stereocenters. The smallest absolute Gasteiger partial charge is 0.338 e. The number of ether oxygens (including phenoxy) is 1. The summed E-state index contributed by atoms with van der Waals surface area (Å²) < 4.78 is 17.6. The molecule has 1 amide bonds. The van der Waals surface area contributed by atoms with Crippen LogP contribution >= 0.6 is 0 Å². The van der Waals surface area contributed by atoms with Gasteiger partial charge in [0.15, 0.2) is 0 Å². The molecule has 0 aliphatic heterocycles. The maximum Gasteiger partial charge on any atom is 0.338 e. The number of nitrogen functional groups attached to an aromatic ring is 1. The average Bonchev–Trinajstić information content (AvgIpc) is 2.15. The third kappa shape index (κ3) is 3.56. The van der Waals surface area contributed by atoms with E-state index in [1.165, 1.54) is 6.07 Å². The Labute approximate surface area is 91.2 Å². The van der Waals surface area contributed by atoms with Gasteiger partial charge in [-0.15, -0.1) is 0 Å². The number of amides is 1. The van der Waals surface area contributed by atoms with Gasteiger partial charge in [0.05, 0.1) is 12.0 Å². The van der Waals surface area contributed by atoms with Crippen molar-refractivity contribution in [1.29, 1.82) is 0 Å². The third-order valence-corrected chi connectivity index (χ3v) is 1.74. The predicted molar refractivity (Wildman–Crippen MR) is 54.9 cm³/mol. The van der Waals surface area contributed by atoms with Crippen LogP contribution < -0.4 is 11.5 Å². The normalized spacial score (nSPS) is 9.81. The minimum absolute atomic E-state index is 0.00182. The van der Waals surface area contributed by atoms with Crippen molar-refractivity contribution in [1.82, 2.24) is 0 Å². The van der Waals surface area contributed by atoms with Crippen molar-refractivity contribution < 1.29 is 18.7 Å². The fourth-order valence-corrected chi connectivity index (χ4v) is 1.06. The van der Waals surface area contributed by atoms with E-state index in [1.807, 2.05) is 0 Å². The molecule has 0 aromatic heterocycles. The molecule has 0 fully saturated rings. The van der Waals surface area contributed by atoms with Crippen LogP contribution in [0.25, 0.3) is 0 Å². The second-order valence-corrected chi connectivity index (χ2v) is 3.13. The zero-order valence-electron chi connectivity index (χ0n) is 8.40. The number of carbonyl (C=O) groups excluding carboxylic acids is 2. The largest absolute Gasteiger partial charge is 0.462 e. The molecule has 0 atom stereocenters. The number of hydrogen-bond donors (Lipinski definition) is 2. The zero-order valence-corrected chi connectivity index (χ0v) is 8.40. The summed E-state index contributed by atoms with van der Waals surface area (Å²) in [6.45, 7) is -0.134. The monoisotopic (exact) mass is 226 g/mol. The first-order valence-electron chi connectivity index (χ1n) is 4.50. The van der Waals surface area contributed by atoms with Crippen molar-refractivity contribution in [3.05, 3.63) is 29.6 Å². The highest BCUT2D eigenvalue weighted by Gasteiger charge is 2.09. The van der Waals surface area contributed by atoms with E-state index in [0.29, 0.717) is 0 Å². The van der Waals surface area contributed by atoms with Gasteiger partial charge in [0.1, 0.15) is 12.4 Å². The van der Waals surface area contributed by atoms with Crippen molar-refractivity contribution in [2.24, 2.45) is 5.73 Å². The minimum Gasteiger partial charge on any atom is -0.462 e. The highest BCUT2D eigenvalue weighted by molar-refractivity contribution is 5.90. The van der Waals surface area contributed by atoms with E-state index in [2.05, 4.69) is 4.74 Å². The fourth-order valence-electron chi connectivity index (χ4n) is 1.06. The van der Waals surface area contributed by atoms with Crippen molar-refractivity contribution in [3.8, 4) is 0 Å². The van der Waals surface area contributed by atoms with Gasteiger partial charge in [-0.1, -0.05) is 0 Å². The van der Waals surface area contributed by atoms with Gasteiger partial charge in [0.25, 0.3) is 0 Å². The molecule has 16 heavy (non-hydrogen) atoms. The Morgan fingerprint density at radius 2 is 2.00 bits per heavy atom. The molecule has 0 spiro atoms. The van der Waals surface area contributed by atoms with Gasteiger partial charge in [0, 0.05) is 5.69 Å². The Kier molecular flexibility index (Phi) is 3.82. The van der Waals surface area contributed by atoms with Crippen LogP contribution in [-0.2, 0) is 9.53 Å². The number of halogens is 1. The first kappa shape index (κ1) is 12.0. The molecule has 1 aromatic carbocycles. The molecular weight excluding hydrogens is 215 g/mol. The van der Waals surface area contributed by atoms with Gasteiger partial charge in [0.2, 0.25) is 5.91 Å². The summed E-state index contributed by atoms with van der Waals surface area (Å²) in [4.78, 5) is 21.7. The molecule has 0 saturated carbocycles. The molecule has 0 radical (unpaired) electrons. The predicted octanol–water partition coefficient (Wildman–Crippen LogP) is 0.440. The van der Waals surface area contributed by atoms with Gasteiger partial charge in [-0.3, -0.25) is 4.79 Å². The summed E-state index contributed by atoms with van der Waals surface area (Å²) in [5, 5.41) is 0. The van der Waals surface area contributed by atoms with Crippen LogP contribution in [0.15, 0.2) is 18.2 Å². The first-order chi connectivity index (χ1) is 7.49. The molecule has 0 bridgehead atoms. The average molecular weight is 226 g/mol. The number of anilines is 1. The highest BCUT2D eigenvalue weighted by Crippen LogP contribution is 2.11. The molecule has 5 nitrogen and oxygen atoms in total.